The Kier molecular flexibility index (Phi) is 3.19. The van der Waals surface area contributed by atoms with Gasteiger partial charge in [0.15, 0.2) is 0 Å². The zero-order valence-electron chi connectivity index (χ0n) is 10.5. The minimum atomic E-state index is -0.541. The number of aromatic amines is 1. The molecule has 2 heterocycles. The lowest BCUT2D eigenvalue weighted by atomic mass is 10.2. The molecule has 0 amide bonds. The van der Waals surface area contributed by atoms with Crippen molar-refractivity contribution >= 4 is 33.2 Å². The van der Waals surface area contributed by atoms with Crippen LogP contribution in [0.4, 0.5) is 0 Å². The van der Waals surface area contributed by atoms with Gasteiger partial charge in [0.25, 0.3) is 5.56 Å². The molecule has 0 radical (unpaired) electrons. The number of halogens is 1. The van der Waals surface area contributed by atoms with Crippen LogP contribution in [-0.4, -0.2) is 14.5 Å². The Labute approximate surface area is 122 Å². The Balaban J connectivity index is 2.33. The predicted molar refractivity (Wildman–Crippen MR) is 80.2 cm³/mol. The monoisotopic (exact) mass is 307 g/mol. The molecule has 0 unspecified atom stereocenters. The third-order valence-corrected chi connectivity index (χ3v) is 4.19. The first-order valence-electron chi connectivity index (χ1n) is 5.99. The van der Waals surface area contributed by atoms with Gasteiger partial charge in [0.1, 0.15) is 5.15 Å². The first kappa shape index (κ1) is 13.1. The van der Waals surface area contributed by atoms with Crippen molar-refractivity contribution in [2.24, 2.45) is 0 Å². The fourth-order valence-electron chi connectivity index (χ4n) is 2.07. The van der Waals surface area contributed by atoms with Crippen molar-refractivity contribution in [3.8, 4) is 5.69 Å². The average Bonchev–Trinajstić information content (AvgIpc) is 2.86. The van der Waals surface area contributed by atoms with Crippen LogP contribution >= 0.6 is 22.9 Å². The van der Waals surface area contributed by atoms with E-state index < -0.39 is 5.69 Å². The Morgan fingerprint density at radius 3 is 2.95 bits per heavy atom. The summed E-state index contributed by atoms with van der Waals surface area (Å²) in [6.07, 6.45) is 0.456. The van der Waals surface area contributed by atoms with Crippen LogP contribution in [0.15, 0.2) is 33.3 Å². The maximum atomic E-state index is 12.4. The largest absolute Gasteiger partial charge is 0.334 e. The van der Waals surface area contributed by atoms with Crippen molar-refractivity contribution in [1.29, 1.82) is 0 Å². The van der Waals surface area contributed by atoms with Crippen LogP contribution in [0.5, 0.6) is 0 Å². The van der Waals surface area contributed by atoms with Gasteiger partial charge in [0.2, 0.25) is 0 Å². The topological polar surface area (TPSA) is 67.8 Å². The number of aromatic nitrogens is 3. The molecule has 2 aromatic heterocycles. The fraction of sp³-hybridized carbons (Fsp3) is 0.154. The Hall–Kier alpha value is -1.92. The lowest BCUT2D eigenvalue weighted by Crippen LogP contribution is -2.35. The van der Waals surface area contributed by atoms with E-state index >= 15 is 0 Å². The van der Waals surface area contributed by atoms with E-state index in [1.165, 1.54) is 11.3 Å². The molecule has 3 rings (SSSR count). The summed E-state index contributed by atoms with van der Waals surface area (Å²) in [4.78, 5) is 31.0. The van der Waals surface area contributed by atoms with Crippen LogP contribution in [0.25, 0.3) is 15.9 Å². The van der Waals surface area contributed by atoms with Gasteiger partial charge < -0.3 is 0 Å². The summed E-state index contributed by atoms with van der Waals surface area (Å²) in [5.74, 6) is 0. The second-order valence-corrected chi connectivity index (χ2v) is 5.49. The molecule has 0 atom stereocenters. The second kappa shape index (κ2) is 4.88. The maximum Gasteiger partial charge on any atom is 0.334 e. The molecule has 1 N–H and O–H groups in total. The summed E-state index contributed by atoms with van der Waals surface area (Å²) in [6, 6.07) is 5.26. The summed E-state index contributed by atoms with van der Waals surface area (Å²) in [6.45, 7) is 1.82. The number of thiazole rings is 1. The smallest absolute Gasteiger partial charge is 0.297 e. The SMILES string of the molecule is CCc1c(Cl)[nH]c(=O)n(-c2ccc3ncsc3c2)c1=O. The van der Waals surface area contributed by atoms with Crippen molar-refractivity contribution < 1.29 is 0 Å². The molecule has 7 heteroatoms. The summed E-state index contributed by atoms with van der Waals surface area (Å²) in [7, 11) is 0. The molecule has 0 aliphatic heterocycles. The van der Waals surface area contributed by atoms with Crippen LogP contribution < -0.4 is 11.2 Å². The lowest BCUT2D eigenvalue weighted by Gasteiger charge is -2.07. The molecule has 102 valence electrons. The molecule has 0 saturated carbocycles. The Morgan fingerprint density at radius 2 is 2.20 bits per heavy atom. The van der Waals surface area contributed by atoms with Gasteiger partial charge in [-0.2, -0.15) is 0 Å². The van der Waals surface area contributed by atoms with E-state index in [4.69, 9.17) is 11.6 Å². The van der Waals surface area contributed by atoms with Gasteiger partial charge in [0, 0.05) is 0 Å². The summed E-state index contributed by atoms with van der Waals surface area (Å²) in [5, 5.41) is 0.109. The van der Waals surface area contributed by atoms with Crippen LogP contribution in [0, 0.1) is 0 Å². The van der Waals surface area contributed by atoms with Gasteiger partial charge in [-0.15, -0.1) is 11.3 Å². The van der Waals surface area contributed by atoms with Crippen molar-refractivity contribution in [1.82, 2.24) is 14.5 Å². The first-order chi connectivity index (χ1) is 9.61. The minimum Gasteiger partial charge on any atom is -0.297 e. The quantitative estimate of drug-likeness (QED) is 0.739. The highest BCUT2D eigenvalue weighted by Gasteiger charge is 2.13. The van der Waals surface area contributed by atoms with Gasteiger partial charge in [0.05, 0.1) is 27.0 Å². The number of nitrogens with zero attached hydrogens (tertiary/aromatic N) is 2. The van der Waals surface area contributed by atoms with Crippen LogP contribution in [-0.2, 0) is 6.42 Å². The number of nitrogens with one attached hydrogen (secondary N) is 1. The lowest BCUT2D eigenvalue weighted by molar-refractivity contribution is 0.843. The number of H-pyrrole nitrogens is 1. The van der Waals surface area contributed by atoms with E-state index in [2.05, 4.69) is 9.97 Å². The third-order valence-electron chi connectivity index (χ3n) is 3.07. The van der Waals surface area contributed by atoms with E-state index in [1.807, 2.05) is 6.92 Å². The first-order valence-corrected chi connectivity index (χ1v) is 7.25. The van der Waals surface area contributed by atoms with Crippen molar-refractivity contribution in [3.05, 3.63) is 55.3 Å². The normalized spacial score (nSPS) is 11.1. The Morgan fingerprint density at radius 1 is 1.40 bits per heavy atom. The number of hydrogen-bond donors (Lipinski definition) is 1. The maximum absolute atomic E-state index is 12.4. The number of rotatable bonds is 2. The molecule has 0 aliphatic rings. The van der Waals surface area contributed by atoms with Crippen LogP contribution in [0.1, 0.15) is 12.5 Å². The van der Waals surface area contributed by atoms with E-state index in [0.29, 0.717) is 17.7 Å². The molecule has 0 fully saturated rings. The van der Waals surface area contributed by atoms with Gasteiger partial charge in [-0.25, -0.2) is 14.3 Å². The Bertz CT molecular complexity index is 910. The standard InChI is InChI=1S/C13H10ClN3O2S/c1-2-8-11(14)16-13(19)17(12(8)18)7-3-4-9-10(5-7)20-6-15-9/h3-6H,2H2,1H3,(H,16,19). The van der Waals surface area contributed by atoms with Gasteiger partial charge in [-0.1, -0.05) is 18.5 Å². The highest BCUT2D eigenvalue weighted by molar-refractivity contribution is 7.16. The molecule has 1 aromatic carbocycles. The van der Waals surface area contributed by atoms with E-state index in [9.17, 15) is 9.59 Å². The third kappa shape index (κ3) is 1.97. The van der Waals surface area contributed by atoms with Crippen molar-refractivity contribution in [3.63, 3.8) is 0 Å². The summed E-state index contributed by atoms with van der Waals surface area (Å²) in [5.41, 5.74) is 2.55. The number of fused-ring (bicyclic) bond motifs is 1. The molecule has 3 aromatic rings. The summed E-state index contributed by atoms with van der Waals surface area (Å²) >= 11 is 7.35. The average molecular weight is 308 g/mol. The molecule has 0 aliphatic carbocycles. The highest BCUT2D eigenvalue weighted by Crippen LogP contribution is 2.20. The van der Waals surface area contributed by atoms with Crippen molar-refractivity contribution in [2.75, 3.05) is 0 Å². The second-order valence-electron chi connectivity index (χ2n) is 4.22. The minimum absolute atomic E-state index is 0.109. The zero-order valence-corrected chi connectivity index (χ0v) is 12.1. The molecule has 0 saturated heterocycles. The fourth-order valence-corrected chi connectivity index (χ4v) is 3.08. The molecule has 0 spiro atoms. The number of hydrogen-bond acceptors (Lipinski definition) is 4. The van der Waals surface area contributed by atoms with E-state index in [-0.39, 0.29) is 10.7 Å². The molecular formula is C13H10ClN3O2S. The van der Waals surface area contributed by atoms with Crippen LogP contribution in [0.2, 0.25) is 5.15 Å². The van der Waals surface area contributed by atoms with Gasteiger partial charge in [-0.05, 0) is 24.6 Å². The van der Waals surface area contributed by atoms with Gasteiger partial charge >= 0.3 is 5.69 Å². The van der Waals surface area contributed by atoms with Crippen molar-refractivity contribution in [2.45, 2.75) is 13.3 Å². The van der Waals surface area contributed by atoms with Crippen LogP contribution in [0.3, 0.4) is 0 Å². The molecular weight excluding hydrogens is 298 g/mol. The number of benzene rings is 1. The zero-order chi connectivity index (χ0) is 14.3. The van der Waals surface area contributed by atoms with E-state index in [0.717, 1.165) is 14.8 Å². The highest BCUT2D eigenvalue weighted by atomic mass is 35.5. The molecule has 5 nitrogen and oxygen atoms in total. The van der Waals surface area contributed by atoms with E-state index in [1.54, 1.807) is 23.7 Å². The summed E-state index contributed by atoms with van der Waals surface area (Å²) < 4.78 is 2.02. The molecule has 0 bridgehead atoms. The predicted octanol–water partition coefficient (Wildman–Crippen LogP) is 2.35. The van der Waals surface area contributed by atoms with Gasteiger partial charge in [-0.3, -0.25) is 9.78 Å². The molecule has 20 heavy (non-hydrogen) atoms.